The smallest absolute Gasteiger partial charge is 0.232 e. The molecule has 0 amide bonds. The molecule has 0 atom stereocenters. The van der Waals surface area contributed by atoms with Crippen molar-refractivity contribution in [3.63, 3.8) is 0 Å². The topological polar surface area (TPSA) is 48.7 Å². The van der Waals surface area contributed by atoms with Crippen molar-refractivity contribution in [3.8, 4) is 11.5 Å². The predicted octanol–water partition coefficient (Wildman–Crippen LogP) is 5.09. The maximum Gasteiger partial charge on any atom is 0.232 e. The number of fused-ring (bicyclic) bond motifs is 1. The van der Waals surface area contributed by atoms with E-state index in [1.54, 1.807) is 30.3 Å². The van der Waals surface area contributed by atoms with Gasteiger partial charge in [0.2, 0.25) is 5.78 Å². The first kappa shape index (κ1) is 16.2. The molecule has 26 heavy (non-hydrogen) atoms. The number of rotatable bonds is 4. The summed E-state index contributed by atoms with van der Waals surface area (Å²) in [7, 11) is 0. The molecule has 1 aromatic heterocycles. The summed E-state index contributed by atoms with van der Waals surface area (Å²) < 4.78 is 17.1. The molecule has 0 unspecified atom stereocenters. The van der Waals surface area contributed by atoms with Crippen LogP contribution in [0.15, 0.2) is 64.8 Å². The lowest BCUT2D eigenvalue weighted by Gasteiger charge is -2.09. The maximum absolute atomic E-state index is 12.5. The zero-order valence-corrected chi connectivity index (χ0v) is 14.6. The van der Waals surface area contributed by atoms with Crippen LogP contribution >= 0.6 is 0 Å². The third kappa shape index (κ3) is 3.14. The third-order valence-corrected chi connectivity index (χ3v) is 4.33. The molecule has 2 aromatic carbocycles. The molecule has 1 aliphatic rings. The van der Waals surface area contributed by atoms with Gasteiger partial charge in [-0.1, -0.05) is 24.3 Å². The number of hydrogen-bond donors (Lipinski definition) is 0. The Kier molecular flexibility index (Phi) is 4.09. The zero-order valence-electron chi connectivity index (χ0n) is 14.6. The largest absolute Gasteiger partial charge is 0.489 e. The number of aryl methyl sites for hydroxylation is 2. The zero-order chi connectivity index (χ0) is 18.1. The standard InChI is InChI=1S/C22H18O4/c1-14-5-3-4-6-16(14)13-24-17-9-10-19-20(11-17)26-21(22(19)23)12-18-8-7-15(2)25-18/h3-12H,13H2,1-2H3. The molecule has 0 N–H and O–H groups in total. The predicted molar refractivity (Wildman–Crippen MR) is 98.3 cm³/mol. The van der Waals surface area contributed by atoms with Crippen molar-refractivity contribution >= 4 is 11.9 Å². The van der Waals surface area contributed by atoms with Crippen molar-refractivity contribution in [1.29, 1.82) is 0 Å². The molecule has 130 valence electrons. The van der Waals surface area contributed by atoms with Crippen LogP contribution in [0, 0.1) is 13.8 Å². The van der Waals surface area contributed by atoms with E-state index in [1.807, 2.05) is 31.2 Å². The van der Waals surface area contributed by atoms with E-state index < -0.39 is 0 Å². The van der Waals surface area contributed by atoms with E-state index in [-0.39, 0.29) is 11.5 Å². The van der Waals surface area contributed by atoms with Crippen LogP contribution < -0.4 is 9.47 Å². The van der Waals surface area contributed by atoms with Gasteiger partial charge < -0.3 is 13.9 Å². The first-order valence-corrected chi connectivity index (χ1v) is 8.42. The molecule has 0 bridgehead atoms. The van der Waals surface area contributed by atoms with Crippen LogP contribution in [0.25, 0.3) is 6.08 Å². The summed E-state index contributed by atoms with van der Waals surface area (Å²) in [5.74, 6) is 2.65. The Morgan fingerprint density at radius 3 is 2.65 bits per heavy atom. The highest BCUT2D eigenvalue weighted by Gasteiger charge is 2.28. The van der Waals surface area contributed by atoms with Crippen LogP contribution in [0.2, 0.25) is 0 Å². The molecule has 0 saturated carbocycles. The van der Waals surface area contributed by atoms with Crippen molar-refractivity contribution in [2.45, 2.75) is 20.5 Å². The van der Waals surface area contributed by atoms with E-state index in [9.17, 15) is 4.79 Å². The molecule has 4 heteroatoms. The fraction of sp³-hybridized carbons (Fsp3) is 0.136. The first-order chi connectivity index (χ1) is 12.6. The fourth-order valence-electron chi connectivity index (χ4n) is 2.85. The number of ether oxygens (including phenoxy) is 2. The Hall–Kier alpha value is -3.27. The van der Waals surface area contributed by atoms with Gasteiger partial charge in [-0.2, -0.15) is 0 Å². The number of allylic oxidation sites excluding steroid dienone is 1. The van der Waals surface area contributed by atoms with Crippen LogP contribution in [0.4, 0.5) is 0 Å². The highest BCUT2D eigenvalue weighted by molar-refractivity contribution is 6.14. The van der Waals surface area contributed by atoms with Crippen LogP contribution in [0.5, 0.6) is 11.5 Å². The SMILES string of the molecule is Cc1ccc(C=C2Oc3cc(OCc4ccccc4C)ccc3C2=O)o1. The summed E-state index contributed by atoms with van der Waals surface area (Å²) in [6.07, 6.45) is 1.61. The number of ketones is 1. The lowest BCUT2D eigenvalue weighted by molar-refractivity contribution is 0.101. The number of furan rings is 1. The third-order valence-electron chi connectivity index (χ3n) is 4.33. The molecule has 0 aliphatic carbocycles. The molecule has 4 rings (SSSR count). The van der Waals surface area contributed by atoms with Crippen LogP contribution in [-0.2, 0) is 6.61 Å². The van der Waals surface area contributed by atoms with Gasteiger partial charge in [-0.25, -0.2) is 0 Å². The summed E-state index contributed by atoms with van der Waals surface area (Å²) in [5, 5.41) is 0. The van der Waals surface area contributed by atoms with Crippen LogP contribution in [0.1, 0.15) is 33.0 Å². The van der Waals surface area contributed by atoms with Gasteiger partial charge in [0.15, 0.2) is 5.76 Å². The summed E-state index contributed by atoms with van der Waals surface area (Å²) in [6.45, 7) is 4.37. The van der Waals surface area contributed by atoms with E-state index in [1.165, 1.54) is 5.56 Å². The second kappa shape index (κ2) is 6.56. The van der Waals surface area contributed by atoms with E-state index in [4.69, 9.17) is 13.9 Å². The molecular formula is C22H18O4. The van der Waals surface area contributed by atoms with Crippen molar-refractivity contribution in [3.05, 3.63) is 88.6 Å². The van der Waals surface area contributed by atoms with Gasteiger partial charge in [0.25, 0.3) is 0 Å². The van der Waals surface area contributed by atoms with Crippen LogP contribution in [0.3, 0.4) is 0 Å². The van der Waals surface area contributed by atoms with Gasteiger partial charge in [0, 0.05) is 12.1 Å². The minimum atomic E-state index is -0.153. The minimum absolute atomic E-state index is 0.153. The summed E-state index contributed by atoms with van der Waals surface area (Å²) in [6, 6.07) is 17.0. The second-order valence-electron chi connectivity index (χ2n) is 6.26. The number of carbonyl (C=O) groups excluding carboxylic acids is 1. The second-order valence-corrected chi connectivity index (χ2v) is 6.26. The highest BCUT2D eigenvalue weighted by Crippen LogP contribution is 2.35. The average molecular weight is 346 g/mol. The van der Waals surface area contributed by atoms with Gasteiger partial charge in [0.05, 0.1) is 5.56 Å². The summed E-state index contributed by atoms with van der Waals surface area (Å²) in [4.78, 5) is 12.5. The number of hydrogen-bond acceptors (Lipinski definition) is 4. The Bertz CT molecular complexity index is 1010. The first-order valence-electron chi connectivity index (χ1n) is 8.42. The van der Waals surface area contributed by atoms with E-state index in [2.05, 4.69) is 13.0 Å². The van der Waals surface area contributed by atoms with Crippen molar-refractivity contribution in [2.75, 3.05) is 0 Å². The molecule has 0 spiro atoms. The van der Waals surface area contributed by atoms with Crippen molar-refractivity contribution in [2.24, 2.45) is 0 Å². The lowest BCUT2D eigenvalue weighted by atomic mass is 10.1. The van der Waals surface area contributed by atoms with E-state index >= 15 is 0 Å². The summed E-state index contributed by atoms with van der Waals surface area (Å²) in [5.41, 5.74) is 2.83. The molecule has 4 nitrogen and oxygen atoms in total. The minimum Gasteiger partial charge on any atom is -0.489 e. The Balaban J connectivity index is 1.52. The molecule has 0 fully saturated rings. The normalized spacial score (nSPS) is 14.4. The molecule has 0 radical (unpaired) electrons. The van der Waals surface area contributed by atoms with Crippen LogP contribution in [-0.4, -0.2) is 5.78 Å². The Morgan fingerprint density at radius 1 is 1.04 bits per heavy atom. The van der Waals surface area contributed by atoms with Gasteiger partial charge >= 0.3 is 0 Å². The highest BCUT2D eigenvalue weighted by atomic mass is 16.5. The Labute approximate surface area is 151 Å². The molecule has 2 heterocycles. The molecule has 0 saturated heterocycles. The Morgan fingerprint density at radius 2 is 1.88 bits per heavy atom. The molecular weight excluding hydrogens is 328 g/mol. The van der Waals surface area contributed by atoms with Gasteiger partial charge in [-0.05, 0) is 49.2 Å². The van der Waals surface area contributed by atoms with Crippen molar-refractivity contribution < 1.29 is 18.7 Å². The monoisotopic (exact) mass is 346 g/mol. The molecule has 1 aliphatic heterocycles. The molecule has 3 aromatic rings. The van der Waals surface area contributed by atoms with Crippen molar-refractivity contribution in [1.82, 2.24) is 0 Å². The summed E-state index contributed by atoms with van der Waals surface area (Å²) >= 11 is 0. The fourth-order valence-corrected chi connectivity index (χ4v) is 2.85. The maximum atomic E-state index is 12.5. The average Bonchev–Trinajstić information content (AvgIpc) is 3.18. The van der Waals surface area contributed by atoms with Gasteiger partial charge in [-0.15, -0.1) is 0 Å². The quantitative estimate of drug-likeness (QED) is 0.617. The van der Waals surface area contributed by atoms with E-state index in [0.717, 1.165) is 11.3 Å². The van der Waals surface area contributed by atoms with Gasteiger partial charge in [-0.3, -0.25) is 4.79 Å². The number of carbonyl (C=O) groups is 1. The van der Waals surface area contributed by atoms with Gasteiger partial charge in [0.1, 0.15) is 29.6 Å². The number of Topliss-reactive ketones (excluding diaryl/α,β-unsaturated/α-hetero) is 1. The van der Waals surface area contributed by atoms with E-state index in [0.29, 0.717) is 29.4 Å². The number of benzene rings is 2. The lowest BCUT2D eigenvalue weighted by Crippen LogP contribution is -1.98.